The fraction of sp³-hybridized carbons (Fsp3) is 0.500. The second-order valence-electron chi connectivity index (χ2n) is 4.04. The maximum absolute atomic E-state index is 10.6. The predicted octanol–water partition coefficient (Wildman–Crippen LogP) is 2.02. The Balaban J connectivity index is 2.65. The smallest absolute Gasteiger partial charge is 0.269 e. The van der Waals surface area contributed by atoms with Crippen LogP contribution >= 0.6 is 0 Å². The Hall–Kier alpha value is -1.46. The number of nitrogens with zero attached hydrogens (tertiary/aromatic N) is 1. The predicted molar refractivity (Wildman–Crippen MR) is 65.8 cm³/mol. The molecule has 0 aliphatic rings. The fourth-order valence-electron chi connectivity index (χ4n) is 1.48. The van der Waals surface area contributed by atoms with E-state index < -0.39 is 4.92 Å². The van der Waals surface area contributed by atoms with Gasteiger partial charge in [-0.3, -0.25) is 10.1 Å². The molecule has 0 bridgehead atoms. The topological polar surface area (TPSA) is 75.4 Å². The van der Waals surface area contributed by atoms with Crippen molar-refractivity contribution >= 4 is 5.69 Å². The Labute approximate surface area is 101 Å². The molecule has 0 heterocycles. The van der Waals surface area contributed by atoms with Crippen molar-refractivity contribution in [3.63, 3.8) is 0 Å². The number of nitrogens with one attached hydrogen (secondary N) is 1. The number of nitro groups is 1. The van der Waals surface area contributed by atoms with E-state index in [-0.39, 0.29) is 17.8 Å². The maximum Gasteiger partial charge on any atom is 0.269 e. The summed E-state index contributed by atoms with van der Waals surface area (Å²) in [5, 5.41) is 23.2. The quantitative estimate of drug-likeness (QED) is 0.587. The minimum atomic E-state index is -0.406. The van der Waals surface area contributed by atoms with Gasteiger partial charge in [0.1, 0.15) is 0 Å². The van der Waals surface area contributed by atoms with Crippen LogP contribution in [0.3, 0.4) is 0 Å². The Bertz CT molecular complexity index is 382. The molecule has 0 spiro atoms. The van der Waals surface area contributed by atoms with E-state index in [9.17, 15) is 15.2 Å². The van der Waals surface area contributed by atoms with Gasteiger partial charge in [0, 0.05) is 24.7 Å². The van der Waals surface area contributed by atoms with Crippen molar-refractivity contribution in [1.29, 1.82) is 0 Å². The first kappa shape index (κ1) is 13.6. The van der Waals surface area contributed by atoms with Crippen LogP contribution in [0.15, 0.2) is 24.3 Å². The summed E-state index contributed by atoms with van der Waals surface area (Å²) in [6.45, 7) is 4.31. The molecule has 0 saturated carbocycles. The van der Waals surface area contributed by atoms with Crippen molar-refractivity contribution in [3.05, 3.63) is 39.9 Å². The second-order valence-corrected chi connectivity index (χ2v) is 4.04. The molecule has 0 fully saturated rings. The average molecular weight is 238 g/mol. The lowest BCUT2D eigenvalue weighted by Crippen LogP contribution is -2.28. The standard InChI is InChI=1S/C12H18N2O3/c1-3-12(15)8-13-9(2)10-5-4-6-11(7-10)14(16)17/h4-7,9,12-13,15H,3,8H2,1-2H3. The van der Waals surface area contributed by atoms with Crippen LogP contribution in [0.25, 0.3) is 0 Å². The molecule has 1 aromatic rings. The van der Waals surface area contributed by atoms with E-state index in [0.717, 1.165) is 5.56 Å². The monoisotopic (exact) mass is 238 g/mol. The van der Waals surface area contributed by atoms with Gasteiger partial charge in [-0.15, -0.1) is 0 Å². The summed E-state index contributed by atoms with van der Waals surface area (Å²) in [6, 6.07) is 6.51. The van der Waals surface area contributed by atoms with Crippen molar-refractivity contribution in [1.82, 2.24) is 5.32 Å². The molecule has 0 aliphatic carbocycles. The Morgan fingerprint density at radius 1 is 1.53 bits per heavy atom. The Morgan fingerprint density at radius 2 is 2.24 bits per heavy atom. The molecule has 94 valence electrons. The summed E-state index contributed by atoms with van der Waals surface area (Å²) in [5.74, 6) is 0. The van der Waals surface area contributed by atoms with Gasteiger partial charge in [0.05, 0.1) is 11.0 Å². The molecule has 0 saturated heterocycles. The zero-order valence-electron chi connectivity index (χ0n) is 10.1. The van der Waals surface area contributed by atoms with Crippen LogP contribution in [-0.4, -0.2) is 22.7 Å². The first-order valence-electron chi connectivity index (χ1n) is 5.70. The highest BCUT2D eigenvalue weighted by Crippen LogP contribution is 2.18. The Morgan fingerprint density at radius 3 is 2.82 bits per heavy atom. The third kappa shape index (κ3) is 4.13. The van der Waals surface area contributed by atoms with Crippen LogP contribution in [0.4, 0.5) is 5.69 Å². The summed E-state index contributed by atoms with van der Waals surface area (Å²) >= 11 is 0. The van der Waals surface area contributed by atoms with Crippen LogP contribution in [0.1, 0.15) is 31.9 Å². The number of aliphatic hydroxyl groups excluding tert-OH is 1. The van der Waals surface area contributed by atoms with Gasteiger partial charge in [-0.25, -0.2) is 0 Å². The summed E-state index contributed by atoms with van der Waals surface area (Å²) in [5.41, 5.74) is 0.940. The molecule has 0 radical (unpaired) electrons. The molecule has 17 heavy (non-hydrogen) atoms. The summed E-state index contributed by atoms with van der Waals surface area (Å²) in [6.07, 6.45) is 0.311. The van der Waals surface area contributed by atoms with Crippen LogP contribution in [0.5, 0.6) is 0 Å². The zero-order valence-corrected chi connectivity index (χ0v) is 10.1. The third-order valence-electron chi connectivity index (χ3n) is 2.71. The molecular formula is C12H18N2O3. The average Bonchev–Trinajstić information content (AvgIpc) is 2.35. The van der Waals surface area contributed by atoms with Crippen molar-refractivity contribution in [2.45, 2.75) is 32.4 Å². The van der Waals surface area contributed by atoms with Gasteiger partial charge in [-0.05, 0) is 18.9 Å². The minimum absolute atomic E-state index is 0.0175. The molecule has 2 unspecified atom stereocenters. The number of rotatable bonds is 6. The number of hydrogen-bond acceptors (Lipinski definition) is 4. The van der Waals surface area contributed by atoms with Gasteiger partial charge in [-0.2, -0.15) is 0 Å². The highest BCUT2D eigenvalue weighted by molar-refractivity contribution is 5.35. The molecule has 5 heteroatoms. The highest BCUT2D eigenvalue weighted by Gasteiger charge is 2.11. The first-order valence-corrected chi connectivity index (χ1v) is 5.70. The van der Waals surface area contributed by atoms with Gasteiger partial charge in [-0.1, -0.05) is 19.1 Å². The normalized spacial score (nSPS) is 14.3. The van der Waals surface area contributed by atoms with Gasteiger partial charge in [0.2, 0.25) is 0 Å². The van der Waals surface area contributed by atoms with Gasteiger partial charge in [0.25, 0.3) is 5.69 Å². The van der Waals surface area contributed by atoms with Gasteiger partial charge in [0.15, 0.2) is 0 Å². The lowest BCUT2D eigenvalue weighted by Gasteiger charge is -2.16. The summed E-state index contributed by atoms with van der Waals surface area (Å²) in [4.78, 5) is 10.2. The van der Waals surface area contributed by atoms with Gasteiger partial charge < -0.3 is 10.4 Å². The van der Waals surface area contributed by atoms with E-state index in [4.69, 9.17) is 0 Å². The molecule has 0 amide bonds. The maximum atomic E-state index is 10.6. The van der Waals surface area contributed by atoms with Crippen molar-refractivity contribution < 1.29 is 10.0 Å². The van der Waals surface area contributed by atoms with Crippen LogP contribution in [0.2, 0.25) is 0 Å². The number of aliphatic hydroxyl groups is 1. The molecule has 5 nitrogen and oxygen atoms in total. The zero-order chi connectivity index (χ0) is 12.8. The number of non-ortho nitro benzene ring substituents is 1. The van der Waals surface area contributed by atoms with E-state index in [0.29, 0.717) is 13.0 Å². The van der Waals surface area contributed by atoms with Crippen molar-refractivity contribution in [3.8, 4) is 0 Å². The van der Waals surface area contributed by atoms with Crippen molar-refractivity contribution in [2.24, 2.45) is 0 Å². The fourth-order valence-corrected chi connectivity index (χ4v) is 1.48. The van der Waals surface area contributed by atoms with E-state index in [1.807, 2.05) is 19.9 Å². The molecule has 1 aromatic carbocycles. The first-order chi connectivity index (χ1) is 8.04. The molecule has 2 N–H and O–H groups in total. The minimum Gasteiger partial charge on any atom is -0.392 e. The van der Waals surface area contributed by atoms with E-state index in [1.165, 1.54) is 6.07 Å². The molecule has 2 atom stereocenters. The molecule has 0 aliphatic heterocycles. The lowest BCUT2D eigenvalue weighted by atomic mass is 10.1. The summed E-state index contributed by atoms with van der Waals surface area (Å²) in [7, 11) is 0. The SMILES string of the molecule is CCC(O)CNC(C)c1cccc([N+](=O)[O-])c1. The highest BCUT2D eigenvalue weighted by atomic mass is 16.6. The van der Waals surface area contributed by atoms with Crippen LogP contribution in [-0.2, 0) is 0 Å². The van der Waals surface area contributed by atoms with E-state index >= 15 is 0 Å². The van der Waals surface area contributed by atoms with Crippen molar-refractivity contribution in [2.75, 3.05) is 6.54 Å². The largest absolute Gasteiger partial charge is 0.392 e. The molecule has 0 aromatic heterocycles. The Kier molecular flexibility index (Phi) is 5.06. The molecule has 1 rings (SSSR count). The van der Waals surface area contributed by atoms with Gasteiger partial charge >= 0.3 is 0 Å². The third-order valence-corrected chi connectivity index (χ3v) is 2.71. The molecular weight excluding hydrogens is 220 g/mol. The van der Waals surface area contributed by atoms with Crippen LogP contribution < -0.4 is 5.32 Å². The number of hydrogen-bond donors (Lipinski definition) is 2. The summed E-state index contributed by atoms with van der Waals surface area (Å²) < 4.78 is 0. The van der Waals surface area contributed by atoms with E-state index in [2.05, 4.69) is 5.32 Å². The van der Waals surface area contributed by atoms with Crippen LogP contribution in [0, 0.1) is 10.1 Å². The second kappa shape index (κ2) is 6.32. The lowest BCUT2D eigenvalue weighted by molar-refractivity contribution is -0.384. The van der Waals surface area contributed by atoms with E-state index in [1.54, 1.807) is 12.1 Å². The number of benzene rings is 1. The number of nitro benzene ring substituents is 1.